The van der Waals surface area contributed by atoms with Crippen LogP contribution in [0.4, 0.5) is 0 Å². The van der Waals surface area contributed by atoms with Crippen LogP contribution in [-0.4, -0.2) is 23.9 Å². The SMILES string of the molecule is CCCCCCCCC1=C[C@@]1(C#N)C(=O)N1CCCC1. The van der Waals surface area contributed by atoms with Crippen molar-refractivity contribution in [1.82, 2.24) is 4.90 Å². The van der Waals surface area contributed by atoms with Gasteiger partial charge >= 0.3 is 0 Å². The Morgan fingerprint density at radius 3 is 2.55 bits per heavy atom. The Bertz CT molecular complexity index is 415. The normalized spacial score (nSPS) is 24.4. The highest BCUT2D eigenvalue weighted by Crippen LogP contribution is 2.48. The summed E-state index contributed by atoms with van der Waals surface area (Å²) in [5.41, 5.74) is 0.237. The molecule has 1 fully saturated rings. The Morgan fingerprint density at radius 2 is 1.90 bits per heavy atom. The lowest BCUT2D eigenvalue weighted by atomic mass is 9.97. The summed E-state index contributed by atoms with van der Waals surface area (Å²) in [4.78, 5) is 14.3. The number of carbonyl (C=O) groups excluding carboxylic acids is 1. The zero-order valence-corrected chi connectivity index (χ0v) is 12.7. The van der Waals surface area contributed by atoms with Gasteiger partial charge in [-0.3, -0.25) is 4.79 Å². The minimum absolute atomic E-state index is 0.0403. The summed E-state index contributed by atoms with van der Waals surface area (Å²) < 4.78 is 0. The first-order valence-electron chi connectivity index (χ1n) is 8.17. The number of unbranched alkanes of at least 4 members (excludes halogenated alkanes) is 5. The highest BCUT2D eigenvalue weighted by molar-refractivity contribution is 5.96. The highest BCUT2D eigenvalue weighted by atomic mass is 16.2. The highest BCUT2D eigenvalue weighted by Gasteiger charge is 2.52. The standard InChI is InChI=1S/C17H26N2O/c1-2-3-4-5-6-7-10-15-13-17(15,14-18)16(20)19-11-8-9-12-19/h13H,2-12H2,1H3/t17-/m0/s1. The van der Waals surface area contributed by atoms with Gasteiger partial charge in [-0.1, -0.05) is 39.0 Å². The summed E-state index contributed by atoms with van der Waals surface area (Å²) >= 11 is 0. The second-order valence-corrected chi connectivity index (χ2v) is 6.11. The molecule has 0 aromatic carbocycles. The summed E-state index contributed by atoms with van der Waals surface area (Å²) in [7, 11) is 0. The summed E-state index contributed by atoms with van der Waals surface area (Å²) in [5.74, 6) is 0.0403. The molecule has 3 heteroatoms. The van der Waals surface area contributed by atoms with Crippen molar-refractivity contribution in [2.45, 2.75) is 64.7 Å². The molecule has 0 aromatic rings. The van der Waals surface area contributed by atoms with Crippen molar-refractivity contribution in [3.63, 3.8) is 0 Å². The maximum Gasteiger partial charge on any atom is 0.251 e. The van der Waals surface area contributed by atoms with Crippen LogP contribution in [0.5, 0.6) is 0 Å². The van der Waals surface area contributed by atoms with Gasteiger partial charge in [-0.2, -0.15) is 5.26 Å². The number of nitriles is 1. The molecule has 2 rings (SSSR count). The molecule has 1 aliphatic carbocycles. The van der Waals surface area contributed by atoms with E-state index in [9.17, 15) is 10.1 Å². The van der Waals surface area contributed by atoms with Crippen LogP contribution in [0.1, 0.15) is 64.7 Å². The average molecular weight is 274 g/mol. The molecule has 20 heavy (non-hydrogen) atoms. The van der Waals surface area contributed by atoms with Crippen LogP contribution < -0.4 is 0 Å². The molecule has 0 aromatic heterocycles. The van der Waals surface area contributed by atoms with Gasteiger partial charge in [0.05, 0.1) is 6.07 Å². The lowest BCUT2D eigenvalue weighted by Gasteiger charge is -2.19. The molecule has 0 N–H and O–H groups in total. The Labute approximate surface area is 122 Å². The minimum Gasteiger partial charge on any atom is -0.341 e. The van der Waals surface area contributed by atoms with Gasteiger partial charge in [-0.25, -0.2) is 0 Å². The van der Waals surface area contributed by atoms with Crippen LogP contribution in [0.3, 0.4) is 0 Å². The number of hydrogen-bond donors (Lipinski definition) is 0. The first-order valence-corrected chi connectivity index (χ1v) is 8.17. The lowest BCUT2D eigenvalue weighted by molar-refractivity contribution is -0.133. The van der Waals surface area contributed by atoms with Gasteiger partial charge in [-0.05, 0) is 37.3 Å². The smallest absolute Gasteiger partial charge is 0.251 e. The Hall–Kier alpha value is -1.30. The number of amides is 1. The molecule has 1 saturated heterocycles. The van der Waals surface area contributed by atoms with Gasteiger partial charge in [0.2, 0.25) is 0 Å². The summed E-state index contributed by atoms with van der Waals surface area (Å²) in [6.07, 6.45) is 12.5. The molecule has 0 spiro atoms. The van der Waals surface area contributed by atoms with Crippen molar-refractivity contribution in [2.75, 3.05) is 13.1 Å². The van der Waals surface area contributed by atoms with Gasteiger partial charge in [0.15, 0.2) is 5.41 Å². The monoisotopic (exact) mass is 274 g/mol. The predicted molar refractivity (Wildman–Crippen MR) is 79.9 cm³/mol. The fraction of sp³-hybridized carbons (Fsp3) is 0.765. The second kappa shape index (κ2) is 6.92. The first kappa shape index (κ1) is 15.1. The third-order valence-corrected chi connectivity index (χ3v) is 4.52. The first-order chi connectivity index (χ1) is 9.74. The Balaban J connectivity index is 1.71. The molecule has 0 unspecified atom stereocenters. The molecular formula is C17H26N2O. The van der Waals surface area contributed by atoms with E-state index in [1.807, 2.05) is 11.0 Å². The lowest BCUT2D eigenvalue weighted by Crippen LogP contribution is -2.36. The van der Waals surface area contributed by atoms with E-state index in [1.54, 1.807) is 0 Å². The second-order valence-electron chi connectivity index (χ2n) is 6.11. The Kier molecular flexibility index (Phi) is 5.23. The zero-order valence-electron chi connectivity index (χ0n) is 12.7. The van der Waals surface area contributed by atoms with Crippen molar-refractivity contribution in [3.8, 4) is 6.07 Å². The molecule has 3 nitrogen and oxygen atoms in total. The maximum atomic E-state index is 12.4. The average Bonchev–Trinajstić information content (AvgIpc) is 2.92. The zero-order chi connectivity index (χ0) is 14.4. The topological polar surface area (TPSA) is 44.1 Å². The molecule has 0 bridgehead atoms. The number of nitrogens with zero attached hydrogens (tertiary/aromatic N) is 2. The van der Waals surface area contributed by atoms with Crippen molar-refractivity contribution < 1.29 is 4.79 Å². The van der Waals surface area contributed by atoms with Crippen molar-refractivity contribution in [1.29, 1.82) is 5.26 Å². The molecule has 110 valence electrons. The molecule has 1 aliphatic heterocycles. The number of likely N-dealkylation sites (tertiary alicyclic amines) is 1. The summed E-state index contributed by atoms with van der Waals surface area (Å²) in [5, 5.41) is 9.38. The van der Waals surface area contributed by atoms with E-state index < -0.39 is 5.41 Å². The van der Waals surface area contributed by atoms with Gasteiger partial charge in [0.1, 0.15) is 0 Å². The van der Waals surface area contributed by atoms with Gasteiger partial charge < -0.3 is 4.90 Å². The van der Waals surface area contributed by atoms with Crippen molar-refractivity contribution in [3.05, 3.63) is 11.6 Å². The van der Waals surface area contributed by atoms with Crippen LogP contribution in [0.2, 0.25) is 0 Å². The fourth-order valence-electron chi connectivity index (χ4n) is 3.11. The van der Waals surface area contributed by atoms with E-state index in [4.69, 9.17) is 0 Å². The van der Waals surface area contributed by atoms with Crippen LogP contribution in [0, 0.1) is 16.7 Å². The van der Waals surface area contributed by atoms with Gasteiger partial charge in [0, 0.05) is 13.1 Å². The maximum absolute atomic E-state index is 12.4. The van der Waals surface area contributed by atoms with Crippen LogP contribution in [0.15, 0.2) is 11.6 Å². The molecule has 0 radical (unpaired) electrons. The Morgan fingerprint density at radius 1 is 1.25 bits per heavy atom. The largest absolute Gasteiger partial charge is 0.341 e. The van der Waals surface area contributed by atoms with Gasteiger partial charge in [-0.15, -0.1) is 0 Å². The van der Waals surface area contributed by atoms with E-state index in [2.05, 4.69) is 13.0 Å². The quantitative estimate of drug-likeness (QED) is 0.499. The van der Waals surface area contributed by atoms with Crippen molar-refractivity contribution >= 4 is 5.91 Å². The number of carbonyl (C=O) groups is 1. The molecule has 2 aliphatic rings. The van der Waals surface area contributed by atoms with Crippen LogP contribution in [-0.2, 0) is 4.79 Å². The molecule has 1 atom stereocenters. The van der Waals surface area contributed by atoms with E-state index in [1.165, 1.54) is 32.1 Å². The van der Waals surface area contributed by atoms with Crippen LogP contribution in [0.25, 0.3) is 0 Å². The third-order valence-electron chi connectivity index (χ3n) is 4.52. The third kappa shape index (κ3) is 3.23. The fourth-order valence-corrected chi connectivity index (χ4v) is 3.11. The van der Waals surface area contributed by atoms with E-state index in [0.717, 1.165) is 44.3 Å². The number of hydrogen-bond acceptors (Lipinski definition) is 2. The van der Waals surface area contributed by atoms with E-state index >= 15 is 0 Å². The van der Waals surface area contributed by atoms with Crippen LogP contribution >= 0.6 is 0 Å². The van der Waals surface area contributed by atoms with Gasteiger partial charge in [0.25, 0.3) is 5.91 Å². The van der Waals surface area contributed by atoms with E-state index in [-0.39, 0.29) is 5.91 Å². The molecule has 1 heterocycles. The van der Waals surface area contributed by atoms with E-state index in [0.29, 0.717) is 0 Å². The van der Waals surface area contributed by atoms with Crippen molar-refractivity contribution in [2.24, 2.45) is 5.41 Å². The summed E-state index contributed by atoms with van der Waals surface area (Å²) in [6, 6.07) is 2.26. The number of rotatable bonds is 8. The predicted octanol–water partition coefficient (Wildman–Crippen LogP) is 3.81. The minimum atomic E-state index is -0.840. The molecular weight excluding hydrogens is 248 g/mol. The molecule has 1 amide bonds. The summed E-state index contributed by atoms with van der Waals surface area (Å²) in [6.45, 7) is 3.89. The molecule has 0 saturated carbocycles.